The van der Waals surface area contributed by atoms with Crippen LogP contribution in [0.1, 0.15) is 13.8 Å². The van der Waals surface area contributed by atoms with Gasteiger partial charge in [0.15, 0.2) is 0 Å². The minimum atomic E-state index is 1.06. The lowest BCUT2D eigenvalue weighted by molar-refractivity contribution is 1.50. The van der Waals surface area contributed by atoms with Crippen molar-refractivity contribution in [3.8, 4) is 0 Å². The number of benzene rings is 3. The summed E-state index contributed by atoms with van der Waals surface area (Å²) in [6, 6.07) is 23.2. The Balaban J connectivity index is 0.000000581. The molecule has 4 aromatic rings. The predicted octanol–water partition coefficient (Wildman–Crippen LogP) is 5.57. The quantitative estimate of drug-likeness (QED) is 0.297. The van der Waals surface area contributed by atoms with Crippen LogP contribution in [0.2, 0.25) is 0 Å². The summed E-state index contributed by atoms with van der Waals surface area (Å²) in [6.45, 7) is 4.00. The summed E-state index contributed by atoms with van der Waals surface area (Å²) in [5.41, 5.74) is 2.15. The van der Waals surface area contributed by atoms with Crippen LogP contribution >= 0.6 is 0 Å². The van der Waals surface area contributed by atoms with Gasteiger partial charge in [-0.15, -0.1) is 0 Å². The van der Waals surface area contributed by atoms with Crippen molar-refractivity contribution in [2.24, 2.45) is 0 Å². The van der Waals surface area contributed by atoms with E-state index < -0.39 is 0 Å². The van der Waals surface area contributed by atoms with Crippen LogP contribution in [-0.2, 0) is 0 Å². The molecule has 0 amide bonds. The lowest BCUT2D eigenvalue weighted by atomic mass is 10.0. The highest BCUT2D eigenvalue weighted by molar-refractivity contribution is 6.08. The molecule has 0 spiro atoms. The maximum Gasteiger partial charge on any atom is 0.0788 e. The van der Waals surface area contributed by atoms with Gasteiger partial charge in [-0.25, -0.2) is 4.98 Å². The van der Waals surface area contributed by atoms with Crippen molar-refractivity contribution in [3.63, 3.8) is 0 Å². The van der Waals surface area contributed by atoms with Crippen LogP contribution in [-0.4, -0.2) is 4.98 Å². The molecule has 0 radical (unpaired) electrons. The van der Waals surface area contributed by atoms with E-state index in [1.807, 2.05) is 19.9 Å². The smallest absolute Gasteiger partial charge is 0.0788 e. The van der Waals surface area contributed by atoms with Crippen LogP contribution in [0, 0.1) is 0 Å². The molecule has 0 saturated carbocycles. The molecular formula is C19H17N. The average molecular weight is 259 g/mol. The monoisotopic (exact) mass is 259 g/mol. The summed E-state index contributed by atoms with van der Waals surface area (Å²) >= 11 is 0. The maximum absolute atomic E-state index is 4.81. The van der Waals surface area contributed by atoms with Gasteiger partial charge in [0.25, 0.3) is 0 Å². The number of aromatic nitrogens is 1. The standard InChI is InChI=1S/C17H11N.C2H6/c1-3-7-15-12(5-1)9-10-14-11-13-6-2-4-8-16(13)18-17(14)15;1-2/h1-11H;1-2H3. The molecule has 3 aromatic carbocycles. The Bertz CT molecular complexity index is 872. The molecule has 0 saturated heterocycles. The van der Waals surface area contributed by atoms with Gasteiger partial charge < -0.3 is 0 Å². The van der Waals surface area contributed by atoms with Gasteiger partial charge in [-0.2, -0.15) is 0 Å². The summed E-state index contributed by atoms with van der Waals surface area (Å²) < 4.78 is 0. The molecule has 0 fully saturated rings. The molecule has 1 aromatic heterocycles. The largest absolute Gasteiger partial charge is 0.247 e. The molecule has 0 aliphatic carbocycles. The van der Waals surface area contributed by atoms with E-state index in [0.717, 1.165) is 11.0 Å². The van der Waals surface area contributed by atoms with Gasteiger partial charge in [0.1, 0.15) is 0 Å². The predicted molar refractivity (Wildman–Crippen MR) is 88.1 cm³/mol. The van der Waals surface area contributed by atoms with Gasteiger partial charge in [0.05, 0.1) is 11.0 Å². The summed E-state index contributed by atoms with van der Waals surface area (Å²) in [7, 11) is 0. The van der Waals surface area contributed by atoms with Gasteiger partial charge in [-0.1, -0.05) is 68.4 Å². The first-order chi connectivity index (χ1) is 9.92. The first-order valence-corrected chi connectivity index (χ1v) is 7.09. The number of hydrogen-bond donors (Lipinski definition) is 0. The van der Waals surface area contributed by atoms with Gasteiger partial charge >= 0.3 is 0 Å². The molecule has 20 heavy (non-hydrogen) atoms. The molecule has 1 heteroatoms. The second-order valence-electron chi connectivity index (χ2n) is 4.54. The summed E-state index contributed by atoms with van der Waals surface area (Å²) in [5.74, 6) is 0. The van der Waals surface area contributed by atoms with E-state index in [4.69, 9.17) is 4.98 Å². The first-order valence-electron chi connectivity index (χ1n) is 7.09. The molecule has 1 nitrogen and oxygen atoms in total. The molecule has 0 atom stereocenters. The van der Waals surface area contributed by atoms with E-state index in [1.165, 1.54) is 21.5 Å². The number of fused-ring (bicyclic) bond motifs is 4. The minimum Gasteiger partial charge on any atom is -0.247 e. The second-order valence-corrected chi connectivity index (χ2v) is 4.54. The Hall–Kier alpha value is -2.41. The lowest BCUT2D eigenvalue weighted by Crippen LogP contribution is -1.84. The van der Waals surface area contributed by atoms with Crippen molar-refractivity contribution in [2.45, 2.75) is 13.8 Å². The number of hydrogen-bond acceptors (Lipinski definition) is 1. The molecule has 4 rings (SSSR count). The zero-order chi connectivity index (χ0) is 13.9. The highest BCUT2D eigenvalue weighted by atomic mass is 14.7. The van der Waals surface area contributed by atoms with E-state index in [-0.39, 0.29) is 0 Å². The van der Waals surface area contributed by atoms with Gasteiger partial charge in [-0.3, -0.25) is 0 Å². The van der Waals surface area contributed by atoms with E-state index >= 15 is 0 Å². The summed E-state index contributed by atoms with van der Waals surface area (Å²) in [4.78, 5) is 4.81. The van der Waals surface area contributed by atoms with E-state index in [2.05, 4.69) is 60.7 Å². The Kier molecular flexibility index (Phi) is 3.34. The fraction of sp³-hybridized carbons (Fsp3) is 0.105. The SMILES string of the molecule is CC.c1ccc2nc3c(ccc4ccccc43)cc2c1. The molecular weight excluding hydrogens is 242 g/mol. The Morgan fingerprint density at radius 2 is 1.30 bits per heavy atom. The first kappa shape index (κ1) is 12.6. The Labute approximate surface area is 118 Å². The van der Waals surface area contributed by atoms with E-state index in [1.54, 1.807) is 0 Å². The molecule has 98 valence electrons. The van der Waals surface area contributed by atoms with Crippen LogP contribution in [0.15, 0.2) is 66.7 Å². The molecule has 0 unspecified atom stereocenters. The molecule has 1 heterocycles. The number of pyridine rings is 1. The maximum atomic E-state index is 4.81. The van der Waals surface area contributed by atoms with Crippen molar-refractivity contribution in [2.75, 3.05) is 0 Å². The van der Waals surface area contributed by atoms with Crippen molar-refractivity contribution in [1.82, 2.24) is 4.98 Å². The molecule has 0 N–H and O–H groups in total. The number of rotatable bonds is 0. The highest BCUT2D eigenvalue weighted by Gasteiger charge is 2.03. The van der Waals surface area contributed by atoms with E-state index in [9.17, 15) is 0 Å². The zero-order valence-corrected chi connectivity index (χ0v) is 11.8. The van der Waals surface area contributed by atoms with Crippen LogP contribution in [0.5, 0.6) is 0 Å². The summed E-state index contributed by atoms with van der Waals surface area (Å²) in [5, 5.41) is 4.86. The fourth-order valence-electron chi connectivity index (χ4n) is 2.51. The third kappa shape index (κ3) is 2.01. The van der Waals surface area contributed by atoms with Crippen LogP contribution < -0.4 is 0 Å². The topological polar surface area (TPSA) is 12.9 Å². The highest BCUT2D eigenvalue weighted by Crippen LogP contribution is 2.26. The van der Waals surface area contributed by atoms with Crippen LogP contribution in [0.25, 0.3) is 32.6 Å². The van der Waals surface area contributed by atoms with Crippen molar-refractivity contribution in [3.05, 3.63) is 66.7 Å². The third-order valence-corrected chi connectivity index (χ3v) is 3.41. The lowest BCUT2D eigenvalue weighted by Gasteiger charge is -2.05. The summed E-state index contributed by atoms with van der Waals surface area (Å²) in [6.07, 6.45) is 0. The Morgan fingerprint density at radius 1 is 0.650 bits per heavy atom. The van der Waals surface area contributed by atoms with Gasteiger partial charge in [-0.05, 0) is 17.5 Å². The normalized spacial score (nSPS) is 10.5. The molecule has 0 bridgehead atoms. The van der Waals surface area contributed by atoms with Crippen LogP contribution in [0.3, 0.4) is 0 Å². The second kappa shape index (κ2) is 5.30. The minimum absolute atomic E-state index is 1.06. The van der Waals surface area contributed by atoms with E-state index in [0.29, 0.717) is 0 Å². The van der Waals surface area contributed by atoms with Crippen LogP contribution in [0.4, 0.5) is 0 Å². The Morgan fingerprint density at radius 3 is 2.15 bits per heavy atom. The van der Waals surface area contributed by atoms with Crippen molar-refractivity contribution >= 4 is 32.6 Å². The fourth-order valence-corrected chi connectivity index (χ4v) is 2.51. The molecule has 0 aliphatic rings. The number of para-hydroxylation sites is 1. The average Bonchev–Trinajstić information content (AvgIpc) is 2.55. The van der Waals surface area contributed by atoms with Crippen molar-refractivity contribution in [1.29, 1.82) is 0 Å². The third-order valence-electron chi connectivity index (χ3n) is 3.41. The van der Waals surface area contributed by atoms with Gasteiger partial charge in [0, 0.05) is 16.2 Å². The number of nitrogens with zero attached hydrogens (tertiary/aromatic N) is 1. The molecule has 0 aliphatic heterocycles. The van der Waals surface area contributed by atoms with Gasteiger partial charge in [0.2, 0.25) is 0 Å². The zero-order valence-electron chi connectivity index (χ0n) is 11.8. The van der Waals surface area contributed by atoms with Crippen molar-refractivity contribution < 1.29 is 0 Å².